The highest BCUT2D eigenvalue weighted by Gasteiger charge is 2.37. The molecule has 0 spiro atoms. The van der Waals surface area contributed by atoms with E-state index in [0.29, 0.717) is 28.9 Å². The fourth-order valence-electron chi connectivity index (χ4n) is 16.9. The number of Topliss-reactive ketones (excluding diaryl/α,β-unsaturated/α-hetero) is 5. The smallest absolute Gasteiger partial charge is 0.167 e. The van der Waals surface area contributed by atoms with Gasteiger partial charge in [-0.2, -0.15) is 0 Å². The van der Waals surface area contributed by atoms with E-state index >= 15 is 0 Å². The van der Waals surface area contributed by atoms with Crippen molar-refractivity contribution in [2.75, 3.05) is 0 Å². The van der Waals surface area contributed by atoms with Crippen LogP contribution in [-0.2, 0) is 42.9 Å². The van der Waals surface area contributed by atoms with E-state index in [1.54, 1.807) is 6.20 Å². The number of rotatable bonds is 15. The minimum atomic E-state index is 0.152. The third-order valence-electron chi connectivity index (χ3n) is 22.7. The number of carbonyl (C=O) groups excluding carboxylic acids is 5. The summed E-state index contributed by atoms with van der Waals surface area (Å²) in [5.74, 6) is 2.57. The number of nitrogens with zero attached hydrogens (tertiary/aromatic N) is 1. The lowest BCUT2D eigenvalue weighted by Crippen LogP contribution is -2.10. The van der Waals surface area contributed by atoms with Crippen LogP contribution in [0.1, 0.15) is 231 Å². The highest BCUT2D eigenvalue weighted by Crippen LogP contribution is 2.43. The van der Waals surface area contributed by atoms with Crippen molar-refractivity contribution in [1.29, 1.82) is 0 Å². The third-order valence-corrected chi connectivity index (χ3v) is 22.7. The number of hydrogen-bond acceptors (Lipinski definition) is 6. The number of unbranched alkanes of at least 4 members (excludes halogenated alkanes) is 1. The van der Waals surface area contributed by atoms with Gasteiger partial charge in [0.2, 0.25) is 0 Å². The van der Waals surface area contributed by atoms with Crippen molar-refractivity contribution in [2.45, 2.75) is 183 Å². The molecule has 6 nitrogen and oxygen atoms in total. The normalized spacial score (nSPS) is 17.3. The molecule has 6 heteroatoms. The van der Waals surface area contributed by atoms with E-state index in [0.717, 1.165) is 174 Å². The molecule has 0 saturated carbocycles. The molecule has 0 bridgehead atoms. The maximum atomic E-state index is 12.9. The predicted octanol–water partition coefficient (Wildman–Crippen LogP) is 25.7. The van der Waals surface area contributed by atoms with Gasteiger partial charge in [-0.3, -0.25) is 29.0 Å². The molecule has 1 aromatic heterocycles. The molecule has 16 rings (SSSR count). The molecule has 5 aliphatic carbocycles. The van der Waals surface area contributed by atoms with Crippen molar-refractivity contribution < 1.29 is 24.0 Å². The Balaban J connectivity index is 0.000000125. The molecule has 5 unspecified atom stereocenters. The fourth-order valence-corrected chi connectivity index (χ4v) is 16.9. The number of fused-ring (bicyclic) bond motifs is 6. The van der Waals surface area contributed by atoms with Crippen LogP contribution in [0.25, 0.3) is 66.5 Å². The molecule has 107 heavy (non-hydrogen) atoms. The highest BCUT2D eigenvalue weighted by atomic mass is 16.1. The molecule has 11 aromatic rings. The molecule has 10 aromatic carbocycles. The quantitative estimate of drug-likeness (QED) is 0.101. The van der Waals surface area contributed by atoms with E-state index in [-0.39, 0.29) is 40.4 Å². The second-order valence-electron chi connectivity index (χ2n) is 32.2. The minimum absolute atomic E-state index is 0.152. The van der Waals surface area contributed by atoms with Crippen LogP contribution in [0.5, 0.6) is 0 Å². The van der Waals surface area contributed by atoms with E-state index in [4.69, 9.17) is 0 Å². The van der Waals surface area contributed by atoms with Gasteiger partial charge in [0.25, 0.3) is 0 Å². The van der Waals surface area contributed by atoms with Crippen LogP contribution in [0.4, 0.5) is 0 Å². The fraction of sp³-hybridized carbons (Fsp3) is 0.327. The summed E-state index contributed by atoms with van der Waals surface area (Å²) >= 11 is 0. The maximum absolute atomic E-state index is 12.9. The van der Waals surface area contributed by atoms with Gasteiger partial charge in [0, 0.05) is 69.2 Å². The van der Waals surface area contributed by atoms with Gasteiger partial charge in [0.05, 0.1) is 5.69 Å². The Kier molecular flexibility index (Phi) is 24.5. The topological polar surface area (TPSA) is 98.2 Å². The molecular formula is C101H107NO5. The number of ketones is 5. The number of aromatic nitrogens is 1. The molecule has 0 fully saturated rings. The van der Waals surface area contributed by atoms with Crippen molar-refractivity contribution in [3.63, 3.8) is 0 Å². The summed E-state index contributed by atoms with van der Waals surface area (Å²) < 4.78 is 0. The monoisotopic (exact) mass is 1410 g/mol. The highest BCUT2D eigenvalue weighted by molar-refractivity contribution is 6.12. The van der Waals surface area contributed by atoms with Crippen LogP contribution in [0, 0.1) is 29.6 Å². The molecule has 0 amide bonds. The lowest BCUT2D eigenvalue weighted by Gasteiger charge is -2.19. The number of hydrogen-bond donors (Lipinski definition) is 0. The molecule has 0 saturated heterocycles. The standard InChI is InChI=1S/C22H20O.C22H26O.C21H24O.C18H19NO.C18H18O/c1-2-7-17-14-16-10-6-13-20(21(16)22(17)23)19-12-5-9-15-8-3-4-11-18(15)19;1-5-7-17-14-16-8-6-9-19(20(16)21(17)23)15-10-12-18(13-11-15)22(2,3)4;1-5-14-13-16-7-6-8-18(19(16)20(14)22)15-9-11-17(12-10-15)21(2,3)4;1-2-3-7-14-12-13-8-6-9-15(17(13)18(14)20)16-10-4-5-11-19-16;1-2-7-15-12-14-10-6-11-16(17(14)18(15)19)13-8-4-3-5-9-13/h3-6,8-13,17H,2,7,14H2,1H3;6,8-13,17H,5,7,14H2,1-4H3;6-12,14H,5,13H2,1-4H3;4-6,8-11,14H,2-3,7,12H2,1H3;3-6,8-11,15H,2,7,12H2,1H3. The molecular weight excluding hydrogens is 1310 g/mol. The van der Waals surface area contributed by atoms with Crippen molar-refractivity contribution in [3.8, 4) is 55.8 Å². The van der Waals surface area contributed by atoms with Gasteiger partial charge in [0.1, 0.15) is 0 Å². The first-order valence-corrected chi connectivity index (χ1v) is 39.7. The van der Waals surface area contributed by atoms with E-state index < -0.39 is 0 Å². The number of pyridine rings is 1. The second kappa shape index (κ2) is 34.2. The Morgan fingerprint density at radius 1 is 0.299 bits per heavy atom. The first-order valence-electron chi connectivity index (χ1n) is 39.7. The zero-order valence-electron chi connectivity index (χ0n) is 65.0. The summed E-state index contributed by atoms with van der Waals surface area (Å²) in [7, 11) is 0. The summed E-state index contributed by atoms with van der Waals surface area (Å²) in [6.45, 7) is 24.1. The van der Waals surface area contributed by atoms with Gasteiger partial charge in [-0.1, -0.05) is 327 Å². The Hall–Kier alpha value is -10.0. The van der Waals surface area contributed by atoms with Crippen LogP contribution in [0.2, 0.25) is 0 Å². The first-order chi connectivity index (χ1) is 51.7. The molecule has 0 radical (unpaired) electrons. The Labute approximate surface area is 637 Å². The Morgan fingerprint density at radius 3 is 1.05 bits per heavy atom. The van der Waals surface area contributed by atoms with Gasteiger partial charge in [0.15, 0.2) is 28.9 Å². The van der Waals surface area contributed by atoms with E-state index in [2.05, 4.69) is 263 Å². The molecule has 546 valence electrons. The molecule has 5 atom stereocenters. The van der Waals surface area contributed by atoms with Crippen LogP contribution in [0.3, 0.4) is 0 Å². The third kappa shape index (κ3) is 16.9. The Bertz CT molecular complexity index is 4980. The second-order valence-corrected chi connectivity index (χ2v) is 32.2. The molecule has 1 heterocycles. The van der Waals surface area contributed by atoms with E-state index in [1.807, 2.05) is 48.5 Å². The maximum Gasteiger partial charge on any atom is 0.167 e. The van der Waals surface area contributed by atoms with Crippen LogP contribution < -0.4 is 0 Å². The van der Waals surface area contributed by atoms with Crippen molar-refractivity contribution in [3.05, 3.63) is 303 Å². The summed E-state index contributed by atoms with van der Waals surface area (Å²) in [6.07, 6.45) is 16.7. The summed E-state index contributed by atoms with van der Waals surface area (Å²) in [5, 5.41) is 2.44. The van der Waals surface area contributed by atoms with Crippen molar-refractivity contribution in [1.82, 2.24) is 4.98 Å². The average Bonchev–Trinajstić information content (AvgIpc) is 1.72. The number of carbonyl (C=O) groups is 5. The van der Waals surface area contributed by atoms with Gasteiger partial charge < -0.3 is 0 Å². The Morgan fingerprint density at radius 2 is 0.636 bits per heavy atom. The van der Waals surface area contributed by atoms with Crippen LogP contribution >= 0.6 is 0 Å². The molecule has 0 N–H and O–H groups in total. The van der Waals surface area contributed by atoms with Gasteiger partial charge in [-0.25, -0.2) is 0 Å². The summed E-state index contributed by atoms with van der Waals surface area (Å²) in [6, 6.07) is 79.5. The van der Waals surface area contributed by atoms with Gasteiger partial charge in [-0.15, -0.1) is 0 Å². The van der Waals surface area contributed by atoms with Crippen molar-refractivity contribution >= 4 is 39.7 Å². The molecule has 5 aliphatic rings. The summed E-state index contributed by atoms with van der Waals surface area (Å²) in [4.78, 5) is 68.0. The minimum Gasteiger partial charge on any atom is -0.294 e. The van der Waals surface area contributed by atoms with Crippen molar-refractivity contribution in [2.24, 2.45) is 29.6 Å². The molecule has 0 aliphatic heterocycles. The SMILES string of the molecule is CCC1Cc2cccc(-c3ccc(C(C)(C)C)cc3)c2C1=O.CCCC1Cc2cccc(-c3ccc(C(C)(C)C)cc3)c2C1=O.CCCC1Cc2cccc(-c3cccc4ccccc34)c2C1=O.CCCC1Cc2cccc(-c3ccccc3)c2C1=O.CCCCC1Cc2cccc(-c3ccccn3)c2C1=O. The zero-order chi connectivity index (χ0) is 75.5. The van der Waals surface area contributed by atoms with Gasteiger partial charge in [-0.05, 0) is 181 Å². The van der Waals surface area contributed by atoms with Gasteiger partial charge >= 0.3 is 0 Å². The zero-order valence-corrected chi connectivity index (χ0v) is 65.0. The number of benzene rings is 10. The lowest BCUT2D eigenvalue weighted by atomic mass is 9.85. The average molecular weight is 1410 g/mol. The largest absolute Gasteiger partial charge is 0.294 e. The first kappa shape index (κ1) is 76.6. The van der Waals surface area contributed by atoms with E-state index in [9.17, 15) is 24.0 Å². The van der Waals surface area contributed by atoms with E-state index in [1.165, 1.54) is 55.3 Å². The predicted molar refractivity (Wildman–Crippen MR) is 444 cm³/mol. The lowest BCUT2D eigenvalue weighted by molar-refractivity contribution is 0.0922. The summed E-state index contributed by atoms with van der Waals surface area (Å²) in [5.41, 5.74) is 24.7. The van der Waals surface area contributed by atoms with Crippen LogP contribution in [-0.4, -0.2) is 33.9 Å². The van der Waals surface area contributed by atoms with Crippen LogP contribution in [0.15, 0.2) is 237 Å².